The molecule has 1 aliphatic rings. The van der Waals surface area contributed by atoms with Crippen LogP contribution in [0.4, 0.5) is 0 Å². The molecular formula is C23H27N3O3S. The molecule has 30 heavy (non-hydrogen) atoms. The zero-order chi connectivity index (χ0) is 21.3. The summed E-state index contributed by atoms with van der Waals surface area (Å²) in [5.74, 6) is 0.371. The van der Waals surface area contributed by atoms with Crippen LogP contribution in [-0.2, 0) is 35.2 Å². The number of rotatable bonds is 6. The molecule has 1 aromatic heterocycles. The number of amides is 1. The number of aryl methyl sites for hydroxylation is 1. The molecule has 2 aromatic carbocycles. The first-order valence-corrected chi connectivity index (χ1v) is 11.9. The number of H-pyrrole nitrogens is 1. The van der Waals surface area contributed by atoms with Crippen LogP contribution in [0.3, 0.4) is 0 Å². The Morgan fingerprint density at radius 2 is 1.93 bits per heavy atom. The summed E-state index contributed by atoms with van der Waals surface area (Å²) >= 11 is 0. The Kier molecular flexibility index (Phi) is 5.66. The zero-order valence-electron chi connectivity index (χ0n) is 17.3. The van der Waals surface area contributed by atoms with Crippen molar-refractivity contribution in [3.05, 3.63) is 70.4 Å². The van der Waals surface area contributed by atoms with Gasteiger partial charge in [0.25, 0.3) is 5.91 Å². The maximum atomic E-state index is 12.8. The van der Waals surface area contributed by atoms with E-state index in [4.69, 9.17) is 0 Å². The van der Waals surface area contributed by atoms with Gasteiger partial charge in [0.15, 0.2) is 0 Å². The third-order valence-corrected chi connectivity index (χ3v) is 7.22. The quantitative estimate of drug-likeness (QED) is 0.566. The van der Waals surface area contributed by atoms with Crippen molar-refractivity contribution in [1.29, 1.82) is 0 Å². The molecule has 0 spiro atoms. The van der Waals surface area contributed by atoms with Crippen LogP contribution in [0.15, 0.2) is 42.5 Å². The molecule has 4 rings (SSSR count). The lowest BCUT2D eigenvalue weighted by atomic mass is 9.87. The Labute approximate surface area is 177 Å². The first-order valence-electron chi connectivity index (χ1n) is 10.3. The molecule has 1 unspecified atom stereocenters. The van der Waals surface area contributed by atoms with E-state index in [1.54, 1.807) is 12.1 Å². The van der Waals surface area contributed by atoms with Crippen molar-refractivity contribution in [2.24, 2.45) is 5.92 Å². The maximum Gasteiger partial charge on any atom is 0.251 e. The van der Waals surface area contributed by atoms with E-state index in [0.717, 1.165) is 29.3 Å². The lowest BCUT2D eigenvalue weighted by molar-refractivity contribution is 0.0951. The summed E-state index contributed by atoms with van der Waals surface area (Å²) in [6.45, 7) is 2.54. The minimum absolute atomic E-state index is 0.116. The highest BCUT2D eigenvalue weighted by Crippen LogP contribution is 2.32. The second kappa shape index (κ2) is 8.24. The van der Waals surface area contributed by atoms with Gasteiger partial charge >= 0.3 is 0 Å². The van der Waals surface area contributed by atoms with Gasteiger partial charge < -0.3 is 10.3 Å². The summed E-state index contributed by atoms with van der Waals surface area (Å²) in [5, 5.41) is 4.07. The van der Waals surface area contributed by atoms with Crippen molar-refractivity contribution in [3.63, 3.8) is 0 Å². The molecule has 158 valence electrons. The van der Waals surface area contributed by atoms with E-state index in [2.05, 4.69) is 21.9 Å². The maximum absolute atomic E-state index is 12.8. The number of carbonyl (C=O) groups excluding carboxylic acids is 1. The third-order valence-electron chi connectivity index (χ3n) is 5.91. The molecule has 1 atom stereocenters. The van der Waals surface area contributed by atoms with Gasteiger partial charge in [-0.05, 0) is 67.1 Å². The zero-order valence-corrected chi connectivity index (χ0v) is 18.1. The number of fused-ring (bicyclic) bond motifs is 3. The van der Waals surface area contributed by atoms with Gasteiger partial charge in [0.2, 0.25) is 10.0 Å². The van der Waals surface area contributed by atoms with Gasteiger partial charge in [0, 0.05) is 28.7 Å². The van der Waals surface area contributed by atoms with Gasteiger partial charge in [-0.25, -0.2) is 13.1 Å². The molecule has 0 radical (unpaired) electrons. The van der Waals surface area contributed by atoms with Crippen LogP contribution in [-0.4, -0.2) is 26.4 Å². The highest BCUT2D eigenvalue weighted by atomic mass is 32.2. The Balaban J connectivity index is 1.53. The summed E-state index contributed by atoms with van der Waals surface area (Å²) in [4.78, 5) is 16.3. The Hall–Kier alpha value is -2.64. The topological polar surface area (TPSA) is 91.1 Å². The van der Waals surface area contributed by atoms with Crippen molar-refractivity contribution in [1.82, 2.24) is 15.0 Å². The normalized spacial score (nSPS) is 16.4. The minimum atomic E-state index is -3.38. The number of aromatic amines is 1. The van der Waals surface area contributed by atoms with Gasteiger partial charge in [0.05, 0.1) is 5.75 Å². The average molecular weight is 426 g/mol. The molecule has 7 heteroatoms. The number of aromatic nitrogens is 1. The fourth-order valence-corrected chi connectivity index (χ4v) is 4.99. The summed E-state index contributed by atoms with van der Waals surface area (Å²) < 4.78 is 26.2. The van der Waals surface area contributed by atoms with Crippen molar-refractivity contribution in [3.8, 4) is 0 Å². The van der Waals surface area contributed by atoms with E-state index in [0.29, 0.717) is 17.0 Å². The minimum Gasteiger partial charge on any atom is -0.358 e. The Morgan fingerprint density at radius 3 is 2.70 bits per heavy atom. The number of carbonyl (C=O) groups is 1. The molecule has 3 aromatic rings. The molecular weight excluding hydrogens is 398 g/mol. The monoisotopic (exact) mass is 425 g/mol. The Bertz CT molecular complexity index is 1200. The molecule has 6 nitrogen and oxygen atoms in total. The number of benzene rings is 2. The summed E-state index contributed by atoms with van der Waals surface area (Å²) in [6.07, 6.45) is 3.28. The molecule has 0 saturated heterocycles. The van der Waals surface area contributed by atoms with Crippen LogP contribution < -0.4 is 10.0 Å². The summed E-state index contributed by atoms with van der Waals surface area (Å²) in [5.41, 5.74) is 5.78. The fraction of sp³-hybridized carbons (Fsp3) is 0.348. The molecule has 1 heterocycles. The van der Waals surface area contributed by atoms with Crippen molar-refractivity contribution in [2.45, 2.75) is 38.5 Å². The molecule has 0 aliphatic heterocycles. The van der Waals surface area contributed by atoms with E-state index in [9.17, 15) is 13.2 Å². The van der Waals surface area contributed by atoms with E-state index >= 15 is 0 Å². The lowest BCUT2D eigenvalue weighted by Crippen LogP contribution is -2.25. The van der Waals surface area contributed by atoms with Gasteiger partial charge in [-0.15, -0.1) is 0 Å². The van der Waals surface area contributed by atoms with Crippen LogP contribution in [0.1, 0.15) is 46.1 Å². The van der Waals surface area contributed by atoms with E-state index in [-0.39, 0.29) is 18.2 Å². The van der Waals surface area contributed by atoms with Gasteiger partial charge in [-0.3, -0.25) is 4.79 Å². The van der Waals surface area contributed by atoms with Gasteiger partial charge in [-0.1, -0.05) is 31.2 Å². The SMILES string of the molecule is CNS(=O)(=O)Cc1ccccc1CNC(=O)c1ccc2[nH]c3c(c2c1)CC(C)CC3. The average Bonchev–Trinajstić information content (AvgIpc) is 3.09. The summed E-state index contributed by atoms with van der Waals surface area (Å²) in [6, 6.07) is 13.0. The number of nitrogens with one attached hydrogen (secondary N) is 3. The van der Waals surface area contributed by atoms with Crippen LogP contribution in [0.5, 0.6) is 0 Å². The molecule has 1 amide bonds. The number of hydrogen-bond acceptors (Lipinski definition) is 3. The first-order chi connectivity index (χ1) is 14.4. The highest BCUT2D eigenvalue weighted by molar-refractivity contribution is 7.88. The predicted octanol–water partition coefficient (Wildman–Crippen LogP) is 3.27. The lowest BCUT2D eigenvalue weighted by Gasteiger charge is -2.18. The largest absolute Gasteiger partial charge is 0.358 e. The van der Waals surface area contributed by atoms with Crippen LogP contribution in [0.25, 0.3) is 10.9 Å². The number of sulfonamides is 1. The molecule has 0 bridgehead atoms. The third kappa shape index (κ3) is 4.27. The van der Waals surface area contributed by atoms with Crippen molar-refractivity contribution < 1.29 is 13.2 Å². The first kappa shape index (κ1) is 20.6. The fourth-order valence-electron chi connectivity index (χ4n) is 4.16. The molecule has 0 saturated carbocycles. The molecule has 0 fully saturated rings. The van der Waals surface area contributed by atoms with Crippen LogP contribution in [0, 0.1) is 5.92 Å². The van der Waals surface area contributed by atoms with Crippen molar-refractivity contribution in [2.75, 3.05) is 7.05 Å². The van der Waals surface area contributed by atoms with Crippen molar-refractivity contribution >= 4 is 26.8 Å². The van der Waals surface area contributed by atoms with E-state index < -0.39 is 10.0 Å². The molecule has 3 N–H and O–H groups in total. The molecule has 1 aliphatic carbocycles. The van der Waals surface area contributed by atoms with Gasteiger partial charge in [-0.2, -0.15) is 0 Å². The van der Waals surface area contributed by atoms with E-state index in [1.165, 1.54) is 24.7 Å². The van der Waals surface area contributed by atoms with Gasteiger partial charge in [0.1, 0.15) is 0 Å². The highest BCUT2D eigenvalue weighted by Gasteiger charge is 2.20. The second-order valence-corrected chi connectivity index (χ2v) is 10.0. The standard InChI is InChI=1S/C23H27N3O3S/c1-15-7-9-21-19(11-15)20-12-16(8-10-22(20)26-21)23(27)25-13-17-5-3-4-6-18(17)14-30(28,29)24-2/h3-6,8,10,12,15,24,26H,7,9,11,13-14H2,1-2H3,(H,25,27). The summed E-state index contributed by atoms with van der Waals surface area (Å²) in [7, 11) is -1.98. The smallest absolute Gasteiger partial charge is 0.251 e. The Morgan fingerprint density at radius 1 is 1.17 bits per heavy atom. The van der Waals surface area contributed by atoms with Crippen LogP contribution in [0.2, 0.25) is 0 Å². The predicted molar refractivity (Wildman–Crippen MR) is 119 cm³/mol. The number of hydrogen-bond donors (Lipinski definition) is 3. The second-order valence-electron chi connectivity index (χ2n) is 8.11. The van der Waals surface area contributed by atoms with Crippen LogP contribution >= 0.6 is 0 Å². The van der Waals surface area contributed by atoms with E-state index in [1.807, 2.05) is 30.3 Å².